The number of carbonyl (C=O) groups is 2. The Kier molecular flexibility index (Phi) is 5.61. The zero-order valence-corrected chi connectivity index (χ0v) is 16.0. The average Bonchev–Trinajstić information content (AvgIpc) is 3.15. The number of rotatable bonds is 6. The SMILES string of the molecule is O=C(CC(=O)Nc1ccc2c(/C=C/c3ccccn3)n[nH]c2c1)Nc1ccccc1. The molecule has 0 saturated carbocycles. The third kappa shape index (κ3) is 4.77. The van der Waals surface area contributed by atoms with E-state index >= 15 is 0 Å². The Hall–Kier alpha value is -4.26. The average molecular weight is 397 g/mol. The second-order valence-corrected chi connectivity index (χ2v) is 6.60. The Labute approximate surface area is 172 Å². The molecule has 148 valence electrons. The topological polar surface area (TPSA) is 99.8 Å². The van der Waals surface area contributed by atoms with Crippen LogP contribution in [0.3, 0.4) is 0 Å². The molecule has 7 heteroatoms. The number of carbonyl (C=O) groups excluding carboxylic acids is 2. The predicted molar refractivity (Wildman–Crippen MR) is 118 cm³/mol. The van der Waals surface area contributed by atoms with Crippen molar-refractivity contribution in [2.75, 3.05) is 10.6 Å². The minimum Gasteiger partial charge on any atom is -0.326 e. The second-order valence-electron chi connectivity index (χ2n) is 6.60. The molecule has 0 aliphatic rings. The van der Waals surface area contributed by atoms with E-state index in [-0.39, 0.29) is 12.3 Å². The van der Waals surface area contributed by atoms with E-state index in [0.29, 0.717) is 11.4 Å². The molecule has 4 rings (SSSR count). The molecule has 0 atom stereocenters. The molecule has 0 radical (unpaired) electrons. The quantitative estimate of drug-likeness (QED) is 0.427. The van der Waals surface area contributed by atoms with E-state index in [0.717, 1.165) is 22.3 Å². The molecule has 7 nitrogen and oxygen atoms in total. The van der Waals surface area contributed by atoms with E-state index in [1.807, 2.05) is 54.6 Å². The largest absolute Gasteiger partial charge is 0.326 e. The number of hydrogen-bond acceptors (Lipinski definition) is 4. The van der Waals surface area contributed by atoms with Gasteiger partial charge in [0.25, 0.3) is 0 Å². The predicted octanol–water partition coefficient (Wildman–Crippen LogP) is 4.10. The van der Waals surface area contributed by atoms with Crippen LogP contribution in [0.5, 0.6) is 0 Å². The third-order valence-electron chi connectivity index (χ3n) is 4.35. The van der Waals surface area contributed by atoms with Crippen molar-refractivity contribution >= 4 is 46.2 Å². The molecule has 0 bridgehead atoms. The number of aromatic nitrogens is 3. The molecule has 2 aromatic carbocycles. The molecule has 0 unspecified atom stereocenters. The van der Waals surface area contributed by atoms with Gasteiger partial charge in [-0.05, 0) is 54.6 Å². The number of aromatic amines is 1. The Balaban J connectivity index is 1.39. The summed E-state index contributed by atoms with van der Waals surface area (Å²) in [7, 11) is 0. The fourth-order valence-corrected chi connectivity index (χ4v) is 2.96. The highest BCUT2D eigenvalue weighted by molar-refractivity contribution is 6.08. The van der Waals surface area contributed by atoms with Crippen molar-refractivity contribution < 1.29 is 9.59 Å². The van der Waals surface area contributed by atoms with Gasteiger partial charge < -0.3 is 10.6 Å². The minimum atomic E-state index is -0.391. The lowest BCUT2D eigenvalue weighted by atomic mass is 10.1. The van der Waals surface area contributed by atoms with Crippen molar-refractivity contribution in [2.24, 2.45) is 0 Å². The maximum atomic E-state index is 12.2. The summed E-state index contributed by atoms with van der Waals surface area (Å²) in [5.74, 6) is -0.763. The van der Waals surface area contributed by atoms with Gasteiger partial charge in [-0.15, -0.1) is 0 Å². The van der Waals surface area contributed by atoms with Crippen LogP contribution in [0.4, 0.5) is 11.4 Å². The maximum Gasteiger partial charge on any atom is 0.233 e. The summed E-state index contributed by atoms with van der Waals surface area (Å²) in [5, 5.41) is 13.6. The van der Waals surface area contributed by atoms with Gasteiger partial charge in [0.15, 0.2) is 0 Å². The molecule has 3 N–H and O–H groups in total. The number of amides is 2. The zero-order valence-electron chi connectivity index (χ0n) is 16.0. The van der Waals surface area contributed by atoms with Crippen molar-refractivity contribution in [1.82, 2.24) is 15.2 Å². The number of pyridine rings is 1. The molecule has 4 aromatic rings. The first-order valence-electron chi connectivity index (χ1n) is 9.39. The number of fused-ring (bicyclic) bond motifs is 1. The number of nitrogens with one attached hydrogen (secondary N) is 3. The van der Waals surface area contributed by atoms with E-state index in [1.54, 1.807) is 30.5 Å². The van der Waals surface area contributed by atoms with Gasteiger partial charge in [-0.3, -0.25) is 19.7 Å². The molecule has 0 fully saturated rings. The first-order valence-corrected chi connectivity index (χ1v) is 9.39. The first kappa shape index (κ1) is 19.1. The Morgan fingerprint density at radius 2 is 1.63 bits per heavy atom. The van der Waals surface area contributed by atoms with Crippen molar-refractivity contribution in [2.45, 2.75) is 6.42 Å². The van der Waals surface area contributed by atoms with Crippen LogP contribution in [0.1, 0.15) is 17.8 Å². The Morgan fingerprint density at radius 1 is 0.867 bits per heavy atom. The van der Waals surface area contributed by atoms with Gasteiger partial charge in [0, 0.05) is 23.0 Å². The van der Waals surface area contributed by atoms with E-state index in [4.69, 9.17) is 0 Å². The Bertz CT molecular complexity index is 1200. The van der Waals surface area contributed by atoms with Crippen LogP contribution >= 0.6 is 0 Å². The van der Waals surface area contributed by atoms with Crippen molar-refractivity contribution in [3.8, 4) is 0 Å². The van der Waals surface area contributed by atoms with Crippen molar-refractivity contribution in [1.29, 1.82) is 0 Å². The van der Waals surface area contributed by atoms with Gasteiger partial charge in [0.1, 0.15) is 6.42 Å². The molecule has 2 amide bonds. The van der Waals surface area contributed by atoms with Gasteiger partial charge in [-0.2, -0.15) is 5.10 Å². The normalized spacial score (nSPS) is 10.9. The van der Waals surface area contributed by atoms with Gasteiger partial charge in [0.2, 0.25) is 11.8 Å². The number of H-pyrrole nitrogens is 1. The first-order chi connectivity index (χ1) is 14.7. The summed E-state index contributed by atoms with van der Waals surface area (Å²) in [6.45, 7) is 0. The van der Waals surface area contributed by atoms with E-state index < -0.39 is 5.91 Å². The summed E-state index contributed by atoms with van der Waals surface area (Å²) in [6, 6.07) is 20.1. The lowest BCUT2D eigenvalue weighted by Gasteiger charge is -2.07. The van der Waals surface area contributed by atoms with Crippen LogP contribution in [0.2, 0.25) is 0 Å². The molecule has 0 saturated heterocycles. The van der Waals surface area contributed by atoms with Crippen LogP contribution in [-0.2, 0) is 9.59 Å². The monoisotopic (exact) mass is 397 g/mol. The van der Waals surface area contributed by atoms with Crippen molar-refractivity contribution in [3.63, 3.8) is 0 Å². The number of para-hydroxylation sites is 1. The molecular weight excluding hydrogens is 378 g/mol. The van der Waals surface area contributed by atoms with Crippen LogP contribution < -0.4 is 10.6 Å². The molecule has 2 heterocycles. The lowest BCUT2D eigenvalue weighted by molar-refractivity contribution is -0.123. The summed E-state index contributed by atoms with van der Waals surface area (Å²) in [4.78, 5) is 28.5. The van der Waals surface area contributed by atoms with E-state index in [9.17, 15) is 9.59 Å². The van der Waals surface area contributed by atoms with Gasteiger partial charge >= 0.3 is 0 Å². The molecule has 0 aliphatic carbocycles. The standard InChI is InChI=1S/C23H19N5O2/c29-22(25-17-7-2-1-3-8-17)15-23(30)26-18-9-11-19-20(27-28-21(19)14-18)12-10-16-6-4-5-13-24-16/h1-14H,15H2,(H,25,29)(H,26,30)(H,27,28)/b12-10+. The molecule has 0 spiro atoms. The highest BCUT2D eigenvalue weighted by Gasteiger charge is 2.11. The van der Waals surface area contributed by atoms with E-state index in [2.05, 4.69) is 25.8 Å². The van der Waals surface area contributed by atoms with Gasteiger partial charge in [-0.1, -0.05) is 24.3 Å². The van der Waals surface area contributed by atoms with Crippen LogP contribution in [0.15, 0.2) is 72.9 Å². The van der Waals surface area contributed by atoms with Crippen molar-refractivity contribution in [3.05, 3.63) is 84.3 Å². The summed E-state index contributed by atoms with van der Waals surface area (Å²) in [6.07, 6.45) is 5.23. The number of anilines is 2. The van der Waals surface area contributed by atoms with Gasteiger partial charge in [0.05, 0.1) is 16.9 Å². The zero-order chi connectivity index (χ0) is 20.8. The number of hydrogen-bond donors (Lipinski definition) is 3. The third-order valence-corrected chi connectivity index (χ3v) is 4.35. The molecule has 30 heavy (non-hydrogen) atoms. The lowest BCUT2D eigenvalue weighted by Crippen LogP contribution is -2.21. The molecular formula is C23H19N5O2. The molecule has 2 aromatic heterocycles. The van der Waals surface area contributed by atoms with Crippen LogP contribution in [0, 0.1) is 0 Å². The van der Waals surface area contributed by atoms with Crippen LogP contribution in [-0.4, -0.2) is 27.0 Å². The minimum absolute atomic E-state index is 0.270. The fraction of sp³-hybridized carbons (Fsp3) is 0.0435. The Morgan fingerprint density at radius 3 is 2.40 bits per heavy atom. The fourth-order valence-electron chi connectivity index (χ4n) is 2.96. The highest BCUT2D eigenvalue weighted by Crippen LogP contribution is 2.22. The van der Waals surface area contributed by atoms with E-state index in [1.165, 1.54) is 0 Å². The molecule has 0 aliphatic heterocycles. The van der Waals surface area contributed by atoms with Crippen LogP contribution in [0.25, 0.3) is 23.1 Å². The summed E-state index contributed by atoms with van der Waals surface area (Å²) >= 11 is 0. The highest BCUT2D eigenvalue weighted by atomic mass is 16.2. The second kappa shape index (κ2) is 8.83. The van der Waals surface area contributed by atoms with Gasteiger partial charge in [-0.25, -0.2) is 0 Å². The summed E-state index contributed by atoms with van der Waals surface area (Å²) < 4.78 is 0. The maximum absolute atomic E-state index is 12.2. The summed E-state index contributed by atoms with van der Waals surface area (Å²) in [5.41, 5.74) is 3.63. The number of nitrogens with zero attached hydrogens (tertiary/aromatic N) is 2. The smallest absolute Gasteiger partial charge is 0.233 e. The number of benzene rings is 2.